The largest absolute Gasteiger partial charge is 0.490 e. The Balaban J connectivity index is 1.41. The number of ether oxygens (including phenoxy) is 3. The molecule has 0 bridgehead atoms. The van der Waals surface area contributed by atoms with Gasteiger partial charge in [-0.05, 0) is 82.5 Å². The van der Waals surface area contributed by atoms with Crippen LogP contribution in [0.2, 0.25) is 0 Å². The Kier molecular flexibility index (Phi) is 7.71. The molecule has 0 N–H and O–H groups in total. The number of benzene rings is 3. The Morgan fingerprint density at radius 1 is 0.889 bits per heavy atom. The third-order valence-corrected chi connectivity index (χ3v) is 6.70. The summed E-state index contributed by atoms with van der Waals surface area (Å²) >= 11 is 1.16. The van der Waals surface area contributed by atoms with Gasteiger partial charge in [-0.2, -0.15) is 0 Å². The van der Waals surface area contributed by atoms with Crippen LogP contribution in [-0.2, 0) is 14.3 Å². The highest BCUT2D eigenvalue weighted by Crippen LogP contribution is 2.46. The minimum absolute atomic E-state index is 0.0734. The standard InChI is InChI=1S/C29H24O6S/c1-4-27(30)35-15-14-34-21-9-6-19(7-10-21)29(32)36-22-11-13-24-23-12-8-20(28(31)33-5-2)16-25(23)18(3)26(24)17-22/h4-13,16-18H,1-2,14-15H2,3H3/t18-/m0/s1. The zero-order valence-corrected chi connectivity index (χ0v) is 20.5. The van der Waals surface area contributed by atoms with Gasteiger partial charge in [0.05, 0.1) is 11.8 Å². The van der Waals surface area contributed by atoms with Gasteiger partial charge in [-0.1, -0.05) is 32.2 Å². The normalized spacial score (nSPS) is 13.2. The molecule has 1 atom stereocenters. The van der Waals surface area contributed by atoms with Crippen LogP contribution in [0, 0.1) is 0 Å². The minimum atomic E-state index is -0.501. The van der Waals surface area contributed by atoms with Crippen LogP contribution in [-0.4, -0.2) is 30.3 Å². The molecule has 3 aromatic carbocycles. The number of fused-ring (bicyclic) bond motifs is 3. The van der Waals surface area contributed by atoms with E-state index >= 15 is 0 Å². The third kappa shape index (κ3) is 5.42. The molecule has 0 aromatic heterocycles. The smallest absolute Gasteiger partial charge is 0.342 e. The molecule has 0 radical (unpaired) electrons. The van der Waals surface area contributed by atoms with Crippen LogP contribution in [0.1, 0.15) is 44.7 Å². The van der Waals surface area contributed by atoms with Crippen LogP contribution in [0.15, 0.2) is 91.1 Å². The minimum Gasteiger partial charge on any atom is -0.490 e. The molecule has 0 saturated carbocycles. The fourth-order valence-electron chi connectivity index (χ4n) is 4.03. The maximum Gasteiger partial charge on any atom is 0.342 e. The van der Waals surface area contributed by atoms with Gasteiger partial charge in [0, 0.05) is 22.5 Å². The summed E-state index contributed by atoms with van der Waals surface area (Å²) in [7, 11) is 0. The number of hydrogen-bond acceptors (Lipinski definition) is 7. The van der Waals surface area contributed by atoms with Crippen LogP contribution in [0.25, 0.3) is 11.1 Å². The lowest BCUT2D eigenvalue weighted by Gasteiger charge is -2.09. The Bertz CT molecular complexity index is 1340. The molecule has 3 aromatic rings. The zero-order chi connectivity index (χ0) is 25.7. The van der Waals surface area contributed by atoms with Crippen LogP contribution < -0.4 is 4.74 Å². The molecular weight excluding hydrogens is 476 g/mol. The fourth-order valence-corrected chi connectivity index (χ4v) is 4.82. The predicted molar refractivity (Wildman–Crippen MR) is 138 cm³/mol. The van der Waals surface area contributed by atoms with Gasteiger partial charge < -0.3 is 14.2 Å². The average molecular weight is 501 g/mol. The number of carbonyl (C=O) groups excluding carboxylic acids is 3. The summed E-state index contributed by atoms with van der Waals surface area (Å²) in [5, 5.41) is -0.0842. The quantitative estimate of drug-likeness (QED) is 0.114. The first-order chi connectivity index (χ1) is 17.4. The molecule has 0 heterocycles. The Labute approximate surface area is 213 Å². The number of carbonyl (C=O) groups is 3. The van der Waals surface area contributed by atoms with Crippen LogP contribution in [0.3, 0.4) is 0 Å². The van der Waals surface area contributed by atoms with Crippen molar-refractivity contribution in [2.45, 2.75) is 17.7 Å². The van der Waals surface area contributed by atoms with Gasteiger partial charge in [-0.15, -0.1) is 0 Å². The molecule has 0 amide bonds. The van der Waals surface area contributed by atoms with Gasteiger partial charge >= 0.3 is 11.9 Å². The molecule has 0 saturated heterocycles. The second-order valence-electron chi connectivity index (χ2n) is 7.98. The molecule has 4 rings (SSSR count). The van der Waals surface area contributed by atoms with E-state index in [9.17, 15) is 14.4 Å². The van der Waals surface area contributed by atoms with Crippen molar-refractivity contribution in [3.63, 3.8) is 0 Å². The highest BCUT2D eigenvalue weighted by atomic mass is 32.2. The van der Waals surface area contributed by atoms with Crippen molar-refractivity contribution in [2.24, 2.45) is 0 Å². The number of rotatable bonds is 9. The molecule has 182 valence electrons. The number of hydrogen-bond donors (Lipinski definition) is 0. The van der Waals surface area contributed by atoms with E-state index in [-0.39, 0.29) is 24.2 Å². The fraction of sp³-hybridized carbons (Fsp3) is 0.138. The van der Waals surface area contributed by atoms with Gasteiger partial charge in [0.15, 0.2) is 0 Å². The lowest BCUT2D eigenvalue weighted by atomic mass is 9.98. The molecule has 1 aliphatic carbocycles. The molecule has 0 aliphatic heterocycles. The lowest BCUT2D eigenvalue weighted by Crippen LogP contribution is -2.10. The summed E-state index contributed by atoms with van der Waals surface area (Å²) in [6, 6.07) is 18.4. The van der Waals surface area contributed by atoms with E-state index < -0.39 is 11.9 Å². The zero-order valence-electron chi connectivity index (χ0n) is 19.7. The Morgan fingerprint density at radius 3 is 2.25 bits per heavy atom. The van der Waals surface area contributed by atoms with Crippen molar-refractivity contribution in [3.05, 3.63) is 108 Å². The molecule has 0 fully saturated rings. The van der Waals surface area contributed by atoms with E-state index in [2.05, 4.69) is 20.1 Å². The van der Waals surface area contributed by atoms with E-state index in [0.29, 0.717) is 16.9 Å². The summed E-state index contributed by atoms with van der Waals surface area (Å²) in [5.74, 6) is -0.291. The van der Waals surface area contributed by atoms with Crippen molar-refractivity contribution < 1.29 is 28.6 Å². The summed E-state index contributed by atoms with van der Waals surface area (Å²) in [4.78, 5) is 36.8. The van der Waals surface area contributed by atoms with Crippen LogP contribution in [0.4, 0.5) is 0 Å². The maximum atomic E-state index is 12.9. The van der Waals surface area contributed by atoms with E-state index in [1.54, 1.807) is 30.3 Å². The van der Waals surface area contributed by atoms with Crippen molar-refractivity contribution in [2.75, 3.05) is 13.2 Å². The SMILES string of the molecule is C=COC(=O)c1ccc2c(c1)[C@H](C)c1cc(SC(=O)c3ccc(OCCOC(=O)C=C)cc3)ccc1-2. The molecule has 36 heavy (non-hydrogen) atoms. The summed E-state index contributed by atoms with van der Waals surface area (Å²) in [6.07, 6.45) is 2.22. The van der Waals surface area contributed by atoms with E-state index in [1.165, 1.54) is 0 Å². The summed E-state index contributed by atoms with van der Waals surface area (Å²) < 4.78 is 15.3. The topological polar surface area (TPSA) is 78.9 Å². The predicted octanol–water partition coefficient (Wildman–Crippen LogP) is 6.16. The lowest BCUT2D eigenvalue weighted by molar-refractivity contribution is -0.138. The molecule has 0 spiro atoms. The Hall–Kier alpha value is -4.10. The summed E-state index contributed by atoms with van der Waals surface area (Å²) in [6.45, 7) is 9.16. The molecule has 1 aliphatic rings. The van der Waals surface area contributed by atoms with Crippen LogP contribution in [0.5, 0.6) is 5.75 Å². The van der Waals surface area contributed by atoms with Gasteiger partial charge in [0.25, 0.3) is 0 Å². The third-order valence-electron chi connectivity index (χ3n) is 5.79. The van der Waals surface area contributed by atoms with Crippen molar-refractivity contribution in [1.82, 2.24) is 0 Å². The van der Waals surface area contributed by atoms with Gasteiger partial charge in [0.2, 0.25) is 5.12 Å². The van der Waals surface area contributed by atoms with Crippen molar-refractivity contribution in [3.8, 4) is 16.9 Å². The molecule has 0 unspecified atom stereocenters. The summed E-state index contributed by atoms with van der Waals surface area (Å²) in [5.41, 5.74) is 5.35. The van der Waals surface area contributed by atoms with Gasteiger partial charge in [0.1, 0.15) is 19.0 Å². The highest BCUT2D eigenvalue weighted by Gasteiger charge is 2.27. The second kappa shape index (κ2) is 11.1. The van der Waals surface area contributed by atoms with E-state index in [0.717, 1.165) is 51.2 Å². The van der Waals surface area contributed by atoms with E-state index in [4.69, 9.17) is 14.2 Å². The van der Waals surface area contributed by atoms with Crippen molar-refractivity contribution >= 4 is 28.8 Å². The number of thioether (sulfide) groups is 1. The monoisotopic (exact) mass is 500 g/mol. The van der Waals surface area contributed by atoms with Crippen LogP contribution >= 0.6 is 11.8 Å². The van der Waals surface area contributed by atoms with Gasteiger partial charge in [-0.3, -0.25) is 4.79 Å². The van der Waals surface area contributed by atoms with E-state index in [1.807, 2.05) is 30.3 Å². The molecule has 7 heteroatoms. The van der Waals surface area contributed by atoms with Crippen molar-refractivity contribution in [1.29, 1.82) is 0 Å². The molecular formula is C29H24O6S. The second-order valence-corrected chi connectivity index (χ2v) is 9.03. The first kappa shape index (κ1) is 25.0. The average Bonchev–Trinajstić information content (AvgIpc) is 3.17. The highest BCUT2D eigenvalue weighted by molar-refractivity contribution is 8.14. The molecule has 6 nitrogen and oxygen atoms in total. The number of esters is 2. The Morgan fingerprint density at radius 2 is 1.56 bits per heavy atom. The first-order valence-electron chi connectivity index (χ1n) is 11.3. The maximum absolute atomic E-state index is 12.9. The first-order valence-corrected chi connectivity index (χ1v) is 12.1. The van der Waals surface area contributed by atoms with Gasteiger partial charge in [-0.25, -0.2) is 9.59 Å².